The number of nitrogens with zero attached hydrogens (tertiary/aromatic N) is 2. The molecule has 1 aromatic carbocycles. The molecule has 2 aliphatic heterocycles. The molecular weight excluding hydrogens is 292 g/mol. The highest BCUT2D eigenvalue weighted by molar-refractivity contribution is 6.21. The molecule has 23 heavy (non-hydrogen) atoms. The predicted octanol–water partition coefficient (Wildman–Crippen LogP) is 1.77. The molecule has 5 heteroatoms. The van der Waals surface area contributed by atoms with Gasteiger partial charge < -0.3 is 5.11 Å². The van der Waals surface area contributed by atoms with Crippen LogP contribution >= 0.6 is 0 Å². The van der Waals surface area contributed by atoms with E-state index in [4.69, 9.17) is 0 Å². The molecule has 0 saturated carbocycles. The van der Waals surface area contributed by atoms with E-state index < -0.39 is 0 Å². The SMILES string of the molecule is CC1CCCN(CCCN2C(=O)c3ccccc3C2=O)C1CO. The number of aliphatic hydroxyl groups excluding tert-OH is 1. The molecule has 2 heterocycles. The zero-order chi connectivity index (χ0) is 16.4. The third kappa shape index (κ3) is 3.03. The number of piperidine rings is 1. The maximum absolute atomic E-state index is 12.3. The van der Waals surface area contributed by atoms with Crippen LogP contribution in [0, 0.1) is 5.92 Å². The molecule has 0 aromatic heterocycles. The number of benzene rings is 1. The van der Waals surface area contributed by atoms with E-state index in [0.29, 0.717) is 23.6 Å². The second kappa shape index (κ2) is 6.81. The van der Waals surface area contributed by atoms with Crippen LogP contribution in [0.15, 0.2) is 24.3 Å². The minimum atomic E-state index is -0.184. The van der Waals surface area contributed by atoms with E-state index in [0.717, 1.165) is 32.4 Å². The first-order chi connectivity index (χ1) is 11.1. The molecule has 1 aromatic rings. The van der Waals surface area contributed by atoms with E-state index in [1.165, 1.54) is 4.90 Å². The van der Waals surface area contributed by atoms with Crippen molar-refractivity contribution >= 4 is 11.8 Å². The first kappa shape index (κ1) is 16.1. The van der Waals surface area contributed by atoms with Crippen molar-refractivity contribution in [2.24, 2.45) is 5.92 Å². The molecule has 2 amide bonds. The van der Waals surface area contributed by atoms with E-state index >= 15 is 0 Å². The van der Waals surface area contributed by atoms with E-state index in [-0.39, 0.29) is 24.5 Å². The van der Waals surface area contributed by atoms with Crippen molar-refractivity contribution < 1.29 is 14.7 Å². The lowest BCUT2D eigenvalue weighted by atomic mass is 9.91. The Balaban J connectivity index is 1.57. The van der Waals surface area contributed by atoms with Gasteiger partial charge in [-0.25, -0.2) is 0 Å². The third-order valence-electron chi connectivity index (χ3n) is 5.12. The maximum Gasteiger partial charge on any atom is 0.261 e. The van der Waals surface area contributed by atoms with Gasteiger partial charge in [-0.3, -0.25) is 19.4 Å². The minimum Gasteiger partial charge on any atom is -0.395 e. The number of aliphatic hydroxyl groups is 1. The molecule has 1 fully saturated rings. The van der Waals surface area contributed by atoms with Gasteiger partial charge in [-0.05, 0) is 43.9 Å². The van der Waals surface area contributed by atoms with Gasteiger partial charge in [0.1, 0.15) is 0 Å². The quantitative estimate of drug-likeness (QED) is 0.841. The van der Waals surface area contributed by atoms with Crippen LogP contribution in [0.5, 0.6) is 0 Å². The third-order valence-corrected chi connectivity index (χ3v) is 5.12. The largest absolute Gasteiger partial charge is 0.395 e. The lowest BCUT2D eigenvalue weighted by molar-refractivity contribution is 0.0473. The number of amides is 2. The summed E-state index contributed by atoms with van der Waals surface area (Å²) < 4.78 is 0. The Labute approximate surface area is 136 Å². The van der Waals surface area contributed by atoms with Gasteiger partial charge in [0.25, 0.3) is 11.8 Å². The molecule has 1 saturated heterocycles. The van der Waals surface area contributed by atoms with Crippen LogP contribution in [-0.4, -0.2) is 59.0 Å². The normalized spacial score (nSPS) is 25.0. The summed E-state index contributed by atoms with van der Waals surface area (Å²) >= 11 is 0. The number of fused-ring (bicyclic) bond motifs is 1. The van der Waals surface area contributed by atoms with Gasteiger partial charge in [0.05, 0.1) is 17.7 Å². The summed E-state index contributed by atoms with van der Waals surface area (Å²) in [4.78, 5) is 28.3. The van der Waals surface area contributed by atoms with Crippen LogP contribution < -0.4 is 0 Å². The molecule has 5 nitrogen and oxygen atoms in total. The van der Waals surface area contributed by atoms with E-state index in [1.54, 1.807) is 24.3 Å². The van der Waals surface area contributed by atoms with E-state index in [9.17, 15) is 14.7 Å². The predicted molar refractivity (Wildman–Crippen MR) is 87.3 cm³/mol. The number of imide groups is 1. The first-order valence-electron chi connectivity index (χ1n) is 8.43. The smallest absolute Gasteiger partial charge is 0.261 e. The highest BCUT2D eigenvalue weighted by Crippen LogP contribution is 2.25. The average molecular weight is 316 g/mol. The fourth-order valence-electron chi connectivity index (χ4n) is 3.78. The zero-order valence-electron chi connectivity index (χ0n) is 13.6. The van der Waals surface area contributed by atoms with Crippen LogP contribution in [0.3, 0.4) is 0 Å². The molecule has 1 N–H and O–H groups in total. The second-order valence-corrected chi connectivity index (χ2v) is 6.57. The number of rotatable bonds is 5. The molecule has 0 bridgehead atoms. The van der Waals surface area contributed by atoms with Crippen molar-refractivity contribution in [2.75, 3.05) is 26.2 Å². The van der Waals surface area contributed by atoms with Crippen molar-refractivity contribution in [2.45, 2.75) is 32.2 Å². The Bertz CT molecular complexity index is 567. The van der Waals surface area contributed by atoms with Gasteiger partial charge >= 0.3 is 0 Å². The summed E-state index contributed by atoms with van der Waals surface area (Å²) in [6.07, 6.45) is 3.04. The molecule has 124 valence electrons. The van der Waals surface area contributed by atoms with Crippen molar-refractivity contribution in [3.63, 3.8) is 0 Å². The Morgan fingerprint density at radius 3 is 2.39 bits per heavy atom. The molecule has 0 aliphatic carbocycles. The molecule has 3 rings (SSSR count). The van der Waals surface area contributed by atoms with Crippen molar-refractivity contribution in [3.8, 4) is 0 Å². The molecule has 2 aliphatic rings. The van der Waals surface area contributed by atoms with Gasteiger partial charge in [-0.15, -0.1) is 0 Å². The Hall–Kier alpha value is -1.72. The number of carbonyl (C=O) groups is 2. The molecule has 2 unspecified atom stereocenters. The molecule has 0 spiro atoms. The van der Waals surface area contributed by atoms with E-state index in [1.807, 2.05) is 0 Å². The van der Waals surface area contributed by atoms with Crippen molar-refractivity contribution in [1.29, 1.82) is 0 Å². The second-order valence-electron chi connectivity index (χ2n) is 6.57. The maximum atomic E-state index is 12.3. The lowest BCUT2D eigenvalue weighted by Crippen LogP contribution is -2.47. The number of hydrogen-bond acceptors (Lipinski definition) is 4. The summed E-state index contributed by atoms with van der Waals surface area (Å²) in [5, 5.41) is 9.58. The highest BCUT2D eigenvalue weighted by Gasteiger charge is 2.35. The summed E-state index contributed by atoms with van der Waals surface area (Å²) in [7, 11) is 0. The topological polar surface area (TPSA) is 60.9 Å². The summed E-state index contributed by atoms with van der Waals surface area (Å²) in [5.74, 6) is 0.126. The zero-order valence-corrected chi connectivity index (χ0v) is 13.6. The van der Waals surface area contributed by atoms with Gasteiger partial charge in [0, 0.05) is 19.1 Å². The Morgan fingerprint density at radius 1 is 1.13 bits per heavy atom. The van der Waals surface area contributed by atoms with Gasteiger partial charge in [-0.1, -0.05) is 19.1 Å². The van der Waals surface area contributed by atoms with Crippen LogP contribution in [0.2, 0.25) is 0 Å². The average Bonchev–Trinajstić information content (AvgIpc) is 2.80. The Morgan fingerprint density at radius 2 is 1.78 bits per heavy atom. The van der Waals surface area contributed by atoms with Crippen LogP contribution in [0.25, 0.3) is 0 Å². The number of likely N-dealkylation sites (tertiary alicyclic amines) is 1. The van der Waals surface area contributed by atoms with Crippen LogP contribution in [0.4, 0.5) is 0 Å². The van der Waals surface area contributed by atoms with Crippen LogP contribution in [0.1, 0.15) is 46.9 Å². The Kier molecular flexibility index (Phi) is 4.78. The fraction of sp³-hybridized carbons (Fsp3) is 0.556. The fourth-order valence-corrected chi connectivity index (χ4v) is 3.78. The first-order valence-corrected chi connectivity index (χ1v) is 8.43. The van der Waals surface area contributed by atoms with Gasteiger partial charge in [0.2, 0.25) is 0 Å². The monoisotopic (exact) mass is 316 g/mol. The molecule has 0 radical (unpaired) electrons. The van der Waals surface area contributed by atoms with Crippen LogP contribution in [-0.2, 0) is 0 Å². The number of carbonyl (C=O) groups excluding carboxylic acids is 2. The van der Waals surface area contributed by atoms with Crippen molar-refractivity contribution in [3.05, 3.63) is 35.4 Å². The number of hydrogen-bond donors (Lipinski definition) is 1. The standard InChI is InChI=1S/C18H24N2O3/c1-13-6-4-9-19(16(13)12-21)10-5-11-20-17(22)14-7-2-3-8-15(14)18(20)23/h2-3,7-8,13,16,21H,4-6,9-12H2,1H3. The summed E-state index contributed by atoms with van der Waals surface area (Å²) in [6, 6.07) is 7.20. The van der Waals surface area contributed by atoms with Gasteiger partial charge in [0.15, 0.2) is 0 Å². The molecular formula is C18H24N2O3. The van der Waals surface area contributed by atoms with E-state index in [2.05, 4.69) is 11.8 Å². The lowest BCUT2D eigenvalue weighted by Gasteiger charge is -2.39. The van der Waals surface area contributed by atoms with Crippen molar-refractivity contribution in [1.82, 2.24) is 9.80 Å². The highest BCUT2D eigenvalue weighted by atomic mass is 16.3. The minimum absolute atomic E-state index is 0.175. The van der Waals surface area contributed by atoms with Gasteiger partial charge in [-0.2, -0.15) is 0 Å². The summed E-state index contributed by atoms with van der Waals surface area (Å²) in [5.41, 5.74) is 1.02. The molecule has 2 atom stereocenters. The summed E-state index contributed by atoms with van der Waals surface area (Å²) in [6.45, 7) is 4.58.